The molecule has 21 heteroatoms. The summed E-state index contributed by atoms with van der Waals surface area (Å²) < 4.78 is 36.5. The average molecular weight is 623 g/mol. The van der Waals surface area contributed by atoms with Gasteiger partial charge in [-0.25, -0.2) is 19.5 Å². The van der Waals surface area contributed by atoms with Crippen LogP contribution in [0.1, 0.15) is 22.1 Å². The Labute approximate surface area is 239 Å². The number of carboxylic acid groups (broad SMARTS) is 2. The molecule has 0 radical (unpaired) electrons. The zero-order valence-electron chi connectivity index (χ0n) is 21.7. The molecule has 0 unspecified atom stereocenters. The van der Waals surface area contributed by atoms with Gasteiger partial charge in [-0.3, -0.25) is 42.6 Å². The molecule has 4 heterocycles. The Kier molecular flexibility index (Phi) is 8.06. The highest BCUT2D eigenvalue weighted by Gasteiger charge is 2.53. The van der Waals surface area contributed by atoms with Gasteiger partial charge in [0.25, 0.3) is 11.6 Å². The maximum Gasteiger partial charge on any atom is 0.475 e. The molecule has 2 saturated heterocycles. The number of imidazole rings is 1. The topological polar surface area (TPSA) is 282 Å². The molecule has 0 saturated carbocycles. The number of anilines is 1. The van der Waals surface area contributed by atoms with Crippen molar-refractivity contribution >= 4 is 48.3 Å². The van der Waals surface area contributed by atoms with Crippen LogP contribution in [0.4, 0.5) is 11.5 Å². The fourth-order valence-electron chi connectivity index (χ4n) is 4.53. The number of carbonyl (C=O) groups excluding carboxylic acids is 1. The van der Waals surface area contributed by atoms with Gasteiger partial charge in [-0.1, -0.05) is 0 Å². The van der Waals surface area contributed by atoms with E-state index in [0.29, 0.717) is 4.90 Å². The fourth-order valence-corrected chi connectivity index (χ4v) is 5.91. The number of rotatable bonds is 10. The van der Waals surface area contributed by atoms with Crippen LogP contribution in [-0.2, 0) is 39.1 Å². The number of aliphatic hydroxyl groups is 1. The van der Waals surface area contributed by atoms with E-state index in [1.807, 2.05) is 0 Å². The molecule has 43 heavy (non-hydrogen) atoms. The fraction of sp³-hybridized carbons (Fsp3) is 0.364. The quantitative estimate of drug-likeness (QED) is 0.130. The predicted octanol–water partition coefficient (Wildman–Crippen LogP) is -0.0733. The van der Waals surface area contributed by atoms with Crippen LogP contribution in [0.25, 0.3) is 11.2 Å². The van der Waals surface area contributed by atoms with Crippen molar-refractivity contribution in [3.63, 3.8) is 0 Å². The molecule has 1 aromatic carbocycles. The summed E-state index contributed by atoms with van der Waals surface area (Å²) >= 11 is 0. The van der Waals surface area contributed by atoms with Gasteiger partial charge >= 0.3 is 19.8 Å². The number of benzene rings is 1. The molecule has 2 aliphatic heterocycles. The molecule has 228 valence electrons. The first-order chi connectivity index (χ1) is 20.4. The molecule has 2 fully saturated rings. The summed E-state index contributed by atoms with van der Waals surface area (Å²) in [6.45, 7) is -2.95. The van der Waals surface area contributed by atoms with Crippen LogP contribution in [0.15, 0.2) is 30.9 Å². The number of aromatic nitrogens is 4. The van der Waals surface area contributed by atoms with Crippen molar-refractivity contribution in [2.75, 3.05) is 25.4 Å². The van der Waals surface area contributed by atoms with Gasteiger partial charge in [-0.15, -0.1) is 0 Å². The standard InChI is InChI=1S/C22H22N7O13P/c23-19-16-20(25-8-24-19)28(9-26-16)22-17(34)18-13(41-22)7-40-43(38,42-18)39-6-11-2-1-10(3-12(11)29(36)37)21(35)27(4-14(30)31)5-15(32)33/h1-3,8-9,13,17-18,22,34H,4-7H2,(H,30,31)(H,32,33)(H2,23,24,25)/t13-,17-,18-,22-,43-/m1/s1. The lowest BCUT2D eigenvalue weighted by molar-refractivity contribution is -0.385. The highest BCUT2D eigenvalue weighted by atomic mass is 31.2. The second-order valence-electron chi connectivity index (χ2n) is 9.27. The largest absolute Gasteiger partial charge is 0.480 e. The first kappa shape index (κ1) is 29.9. The number of carbonyl (C=O) groups is 3. The van der Waals surface area contributed by atoms with Gasteiger partial charge in [0.1, 0.15) is 43.2 Å². The van der Waals surface area contributed by atoms with Crippen molar-refractivity contribution in [2.24, 2.45) is 0 Å². The number of phosphoric acid groups is 1. The maximum absolute atomic E-state index is 13.3. The van der Waals surface area contributed by atoms with Crippen LogP contribution in [0.2, 0.25) is 0 Å². The van der Waals surface area contributed by atoms with Crippen molar-refractivity contribution in [1.29, 1.82) is 0 Å². The third kappa shape index (κ3) is 6.00. The number of nitrogens with two attached hydrogens (primary N) is 1. The van der Waals surface area contributed by atoms with E-state index in [2.05, 4.69) is 15.0 Å². The van der Waals surface area contributed by atoms with Crippen LogP contribution >= 0.6 is 7.82 Å². The summed E-state index contributed by atoms with van der Waals surface area (Å²) in [4.78, 5) is 58.2. The highest BCUT2D eigenvalue weighted by molar-refractivity contribution is 7.48. The molecule has 0 spiro atoms. The van der Waals surface area contributed by atoms with E-state index >= 15 is 0 Å². The molecule has 5 rings (SSSR count). The zero-order chi connectivity index (χ0) is 31.1. The number of fused-ring (bicyclic) bond motifs is 2. The van der Waals surface area contributed by atoms with E-state index in [1.165, 1.54) is 17.2 Å². The maximum atomic E-state index is 13.3. The number of carboxylic acids is 2. The number of aliphatic carboxylic acids is 2. The number of hydrogen-bond donors (Lipinski definition) is 4. The number of amides is 1. The van der Waals surface area contributed by atoms with Gasteiger partial charge in [0.05, 0.1) is 30.0 Å². The molecule has 3 aromatic rings. The molecule has 5 atom stereocenters. The minimum Gasteiger partial charge on any atom is -0.480 e. The number of nitrogen functional groups attached to an aromatic ring is 1. The number of nitrogens with zero attached hydrogens (tertiary/aromatic N) is 6. The van der Waals surface area contributed by atoms with E-state index in [0.717, 1.165) is 18.2 Å². The Balaban J connectivity index is 1.30. The van der Waals surface area contributed by atoms with Crippen LogP contribution in [-0.4, -0.2) is 101 Å². The number of phosphoric ester groups is 1. The van der Waals surface area contributed by atoms with Crippen LogP contribution in [0, 0.1) is 10.1 Å². The molecule has 5 N–H and O–H groups in total. The monoisotopic (exact) mass is 623 g/mol. The summed E-state index contributed by atoms with van der Waals surface area (Å²) in [5.74, 6) is -3.96. The lowest BCUT2D eigenvalue weighted by Gasteiger charge is -2.30. The summed E-state index contributed by atoms with van der Waals surface area (Å²) in [5.41, 5.74) is 5.13. The minimum absolute atomic E-state index is 0.107. The molecule has 2 aliphatic rings. The number of aliphatic hydroxyl groups excluding tert-OH is 1. The SMILES string of the molecule is Nc1ncnc2c1ncn2[C@@H]1O[C@@H]2CO[P@@](=O)(OCc3ccc(C(=O)N(CC(=O)O)CC(=O)O)cc3[N+](=O)[O-])O[C@H]2[C@H]1O. The predicted molar refractivity (Wildman–Crippen MR) is 137 cm³/mol. The van der Waals surface area contributed by atoms with Crippen molar-refractivity contribution in [3.8, 4) is 0 Å². The van der Waals surface area contributed by atoms with Crippen molar-refractivity contribution in [2.45, 2.75) is 31.1 Å². The third-order valence-corrected chi connectivity index (χ3v) is 7.88. The van der Waals surface area contributed by atoms with Crippen molar-refractivity contribution in [3.05, 3.63) is 52.1 Å². The Hall–Kier alpha value is -4.59. The molecule has 0 aliphatic carbocycles. The average Bonchev–Trinajstić information content (AvgIpc) is 3.52. The number of ether oxygens (including phenoxy) is 1. The van der Waals surface area contributed by atoms with Crippen LogP contribution in [0.5, 0.6) is 0 Å². The molecular formula is C22H22N7O13P. The smallest absolute Gasteiger partial charge is 0.475 e. The van der Waals surface area contributed by atoms with Gasteiger partial charge in [-0.05, 0) is 12.1 Å². The number of nitro groups is 1. The summed E-state index contributed by atoms with van der Waals surface area (Å²) in [7, 11) is -4.41. The molecule has 1 amide bonds. The van der Waals surface area contributed by atoms with Crippen LogP contribution in [0.3, 0.4) is 0 Å². The van der Waals surface area contributed by atoms with Gasteiger partial charge in [0.2, 0.25) is 0 Å². The van der Waals surface area contributed by atoms with Crippen molar-refractivity contribution < 1.29 is 57.5 Å². The Morgan fingerprint density at radius 1 is 1.21 bits per heavy atom. The highest BCUT2D eigenvalue weighted by Crippen LogP contribution is 2.57. The lowest BCUT2D eigenvalue weighted by atomic mass is 10.1. The van der Waals surface area contributed by atoms with E-state index in [9.17, 15) is 34.2 Å². The zero-order valence-corrected chi connectivity index (χ0v) is 22.6. The molecule has 2 aromatic heterocycles. The second-order valence-corrected chi connectivity index (χ2v) is 10.9. The molecular weight excluding hydrogens is 601 g/mol. The van der Waals surface area contributed by atoms with E-state index < -0.39 is 80.5 Å². The number of hydrogen-bond acceptors (Lipinski definition) is 15. The number of nitro benzene ring substituents is 1. The normalized spacial score (nSPS) is 24.9. The first-order valence-electron chi connectivity index (χ1n) is 12.2. The van der Waals surface area contributed by atoms with Gasteiger partial charge in [0, 0.05) is 11.6 Å². The summed E-state index contributed by atoms with van der Waals surface area (Å²) in [6, 6.07) is 2.98. The Morgan fingerprint density at radius 2 is 1.93 bits per heavy atom. The molecule has 20 nitrogen and oxygen atoms in total. The van der Waals surface area contributed by atoms with E-state index in [4.69, 9.17) is 34.3 Å². The Bertz CT molecular complexity index is 1650. The third-order valence-electron chi connectivity index (χ3n) is 6.46. The van der Waals surface area contributed by atoms with Gasteiger partial charge in [0.15, 0.2) is 17.7 Å². The Morgan fingerprint density at radius 3 is 2.60 bits per heavy atom. The van der Waals surface area contributed by atoms with Crippen molar-refractivity contribution in [1.82, 2.24) is 24.4 Å². The van der Waals surface area contributed by atoms with E-state index in [1.54, 1.807) is 0 Å². The summed E-state index contributed by atoms with van der Waals surface area (Å²) in [6.07, 6.45) is -2.05. The van der Waals surface area contributed by atoms with E-state index in [-0.39, 0.29) is 34.7 Å². The van der Waals surface area contributed by atoms with Gasteiger partial charge in [-0.2, -0.15) is 0 Å². The minimum atomic E-state index is -4.41. The van der Waals surface area contributed by atoms with Gasteiger partial charge < -0.3 is 30.7 Å². The van der Waals surface area contributed by atoms with Crippen LogP contribution < -0.4 is 5.73 Å². The molecule has 0 bridgehead atoms. The first-order valence-corrected chi connectivity index (χ1v) is 13.7. The second kappa shape index (κ2) is 11.6. The lowest BCUT2D eigenvalue weighted by Crippen LogP contribution is -2.39. The summed E-state index contributed by atoms with van der Waals surface area (Å²) in [5, 5.41) is 40.7.